The molecule has 1 rings (SSSR count). The van der Waals surface area contributed by atoms with Crippen molar-refractivity contribution in [1.29, 1.82) is 0 Å². The summed E-state index contributed by atoms with van der Waals surface area (Å²) < 4.78 is 5.05. The molecule has 1 aliphatic rings. The van der Waals surface area contributed by atoms with E-state index in [-0.39, 0.29) is 0 Å². The van der Waals surface area contributed by atoms with Crippen molar-refractivity contribution in [2.75, 3.05) is 6.61 Å². The topological polar surface area (TPSA) is 9.23 Å². The third-order valence-corrected chi connectivity index (χ3v) is 1.21. The van der Waals surface area contributed by atoms with Gasteiger partial charge in [0.05, 0.1) is 11.0 Å². The molecule has 1 nitrogen and oxygen atoms in total. The molecular formula is C5H8OS. The van der Waals surface area contributed by atoms with Gasteiger partial charge in [-0.05, 0) is 13.0 Å². The average Bonchev–Trinajstić information content (AvgIpc) is 1.87. The Kier molecular flexibility index (Phi) is 1.28. The summed E-state index contributed by atoms with van der Waals surface area (Å²) in [4.78, 5) is 0. The lowest BCUT2D eigenvalue weighted by Crippen LogP contribution is -1.93. The smallest absolute Gasteiger partial charge is 0.103 e. The average molecular weight is 116 g/mol. The molecule has 0 aromatic carbocycles. The Morgan fingerprint density at radius 1 is 2.00 bits per heavy atom. The lowest BCUT2D eigenvalue weighted by Gasteiger charge is -1.93. The number of ether oxygens (including phenoxy) is 1. The quantitative estimate of drug-likeness (QED) is 0.468. The second-order valence-electron chi connectivity index (χ2n) is 1.66. The summed E-state index contributed by atoms with van der Waals surface area (Å²) in [6.07, 6.45) is 2.00. The fourth-order valence-electron chi connectivity index (χ4n) is 0.584. The van der Waals surface area contributed by atoms with Gasteiger partial charge in [-0.3, -0.25) is 0 Å². The Morgan fingerprint density at radius 2 is 2.71 bits per heavy atom. The van der Waals surface area contributed by atoms with Crippen molar-refractivity contribution in [3.63, 3.8) is 0 Å². The molecule has 0 saturated heterocycles. The molecule has 1 aliphatic heterocycles. The summed E-state index contributed by atoms with van der Waals surface area (Å²) in [5.74, 6) is 1.00. The summed E-state index contributed by atoms with van der Waals surface area (Å²) >= 11 is 4.15. The molecule has 1 heterocycles. The van der Waals surface area contributed by atoms with Gasteiger partial charge in [-0.2, -0.15) is 12.6 Å². The molecule has 0 aliphatic carbocycles. The second kappa shape index (κ2) is 1.78. The van der Waals surface area contributed by atoms with Gasteiger partial charge in [0.15, 0.2) is 0 Å². The van der Waals surface area contributed by atoms with Gasteiger partial charge in [0.2, 0.25) is 0 Å². The minimum Gasteiger partial charge on any atom is -0.497 e. The van der Waals surface area contributed by atoms with Crippen molar-refractivity contribution in [2.45, 2.75) is 12.2 Å². The zero-order valence-electron chi connectivity index (χ0n) is 4.22. The van der Waals surface area contributed by atoms with Crippen LogP contribution in [0, 0.1) is 0 Å². The third-order valence-electron chi connectivity index (χ3n) is 0.909. The molecule has 0 fully saturated rings. The first-order chi connectivity index (χ1) is 3.29. The maximum Gasteiger partial charge on any atom is 0.103 e. The molecule has 7 heavy (non-hydrogen) atoms. The van der Waals surface area contributed by atoms with E-state index in [2.05, 4.69) is 12.6 Å². The summed E-state index contributed by atoms with van der Waals surface area (Å²) in [5.41, 5.74) is 0. The minimum absolute atomic E-state index is 0.333. The van der Waals surface area contributed by atoms with E-state index in [1.54, 1.807) is 0 Å². The van der Waals surface area contributed by atoms with Gasteiger partial charge in [-0.25, -0.2) is 0 Å². The highest BCUT2D eigenvalue weighted by Crippen LogP contribution is 2.12. The van der Waals surface area contributed by atoms with Crippen molar-refractivity contribution < 1.29 is 4.74 Å². The van der Waals surface area contributed by atoms with Crippen molar-refractivity contribution in [2.24, 2.45) is 0 Å². The van der Waals surface area contributed by atoms with Crippen LogP contribution in [0.15, 0.2) is 11.8 Å². The molecule has 0 radical (unpaired) electrons. The highest BCUT2D eigenvalue weighted by Gasteiger charge is 2.07. The molecule has 0 saturated carbocycles. The van der Waals surface area contributed by atoms with E-state index in [4.69, 9.17) is 4.74 Å². The Hall–Kier alpha value is -0.110. The Morgan fingerprint density at radius 3 is 2.86 bits per heavy atom. The molecule has 0 bridgehead atoms. The van der Waals surface area contributed by atoms with Crippen LogP contribution in [0.3, 0.4) is 0 Å². The summed E-state index contributed by atoms with van der Waals surface area (Å²) in [6.45, 7) is 2.69. The van der Waals surface area contributed by atoms with Crippen molar-refractivity contribution in [3.05, 3.63) is 11.8 Å². The fourth-order valence-corrected chi connectivity index (χ4v) is 0.868. The number of rotatable bonds is 0. The standard InChI is InChI=1S/C5H8OS/c1-4-2-5(7)3-6-4/h2,5,7H,3H2,1H3. The first-order valence-corrected chi connectivity index (χ1v) is 2.80. The number of allylic oxidation sites excluding steroid dienone is 1. The van der Waals surface area contributed by atoms with E-state index in [0.29, 0.717) is 5.25 Å². The van der Waals surface area contributed by atoms with Gasteiger partial charge in [0.25, 0.3) is 0 Å². The molecule has 0 aromatic rings. The van der Waals surface area contributed by atoms with Crippen LogP contribution in [0.2, 0.25) is 0 Å². The minimum atomic E-state index is 0.333. The van der Waals surface area contributed by atoms with Gasteiger partial charge < -0.3 is 4.74 Å². The highest BCUT2D eigenvalue weighted by molar-refractivity contribution is 7.81. The zero-order valence-corrected chi connectivity index (χ0v) is 5.11. The van der Waals surface area contributed by atoms with E-state index >= 15 is 0 Å². The van der Waals surface area contributed by atoms with Gasteiger partial charge in [0, 0.05) is 0 Å². The van der Waals surface area contributed by atoms with Crippen LogP contribution in [-0.2, 0) is 4.74 Å². The van der Waals surface area contributed by atoms with E-state index in [1.807, 2.05) is 13.0 Å². The summed E-state index contributed by atoms with van der Waals surface area (Å²) in [7, 11) is 0. The van der Waals surface area contributed by atoms with Crippen LogP contribution in [-0.4, -0.2) is 11.9 Å². The van der Waals surface area contributed by atoms with Crippen LogP contribution in [0.4, 0.5) is 0 Å². The van der Waals surface area contributed by atoms with Crippen molar-refractivity contribution in [1.82, 2.24) is 0 Å². The lowest BCUT2D eigenvalue weighted by atomic mass is 10.4. The first kappa shape index (κ1) is 5.04. The predicted octanol–water partition coefficient (Wildman–Crippen LogP) is 1.22. The molecular weight excluding hydrogens is 108 g/mol. The first-order valence-electron chi connectivity index (χ1n) is 2.28. The molecule has 0 N–H and O–H groups in total. The number of thiol groups is 1. The number of hydrogen-bond donors (Lipinski definition) is 1. The van der Waals surface area contributed by atoms with E-state index in [1.165, 1.54) is 0 Å². The monoisotopic (exact) mass is 116 g/mol. The van der Waals surface area contributed by atoms with Gasteiger partial charge in [-0.15, -0.1) is 0 Å². The van der Waals surface area contributed by atoms with Gasteiger partial charge >= 0.3 is 0 Å². The third kappa shape index (κ3) is 1.13. The zero-order chi connectivity index (χ0) is 5.28. The van der Waals surface area contributed by atoms with Crippen LogP contribution in [0.5, 0.6) is 0 Å². The number of hydrogen-bond acceptors (Lipinski definition) is 2. The maximum atomic E-state index is 5.05. The SMILES string of the molecule is CC1=CC(S)CO1. The van der Waals surface area contributed by atoms with Crippen LogP contribution in [0.1, 0.15) is 6.92 Å². The molecule has 1 unspecified atom stereocenters. The molecule has 0 aromatic heterocycles. The predicted molar refractivity (Wildman–Crippen MR) is 32.5 cm³/mol. The maximum absolute atomic E-state index is 5.05. The highest BCUT2D eigenvalue weighted by atomic mass is 32.1. The Labute approximate surface area is 48.8 Å². The van der Waals surface area contributed by atoms with Crippen molar-refractivity contribution in [3.8, 4) is 0 Å². The fraction of sp³-hybridized carbons (Fsp3) is 0.600. The lowest BCUT2D eigenvalue weighted by molar-refractivity contribution is 0.249. The van der Waals surface area contributed by atoms with Gasteiger partial charge in [-0.1, -0.05) is 0 Å². The van der Waals surface area contributed by atoms with Crippen LogP contribution >= 0.6 is 12.6 Å². The summed E-state index contributed by atoms with van der Waals surface area (Å²) in [5, 5.41) is 0.333. The summed E-state index contributed by atoms with van der Waals surface area (Å²) in [6, 6.07) is 0. The van der Waals surface area contributed by atoms with E-state index in [9.17, 15) is 0 Å². The molecule has 40 valence electrons. The van der Waals surface area contributed by atoms with Gasteiger partial charge in [0.1, 0.15) is 6.61 Å². The Balaban J connectivity index is 2.50. The molecule has 1 atom stereocenters. The molecule has 0 spiro atoms. The van der Waals surface area contributed by atoms with E-state index < -0.39 is 0 Å². The van der Waals surface area contributed by atoms with Crippen LogP contribution < -0.4 is 0 Å². The second-order valence-corrected chi connectivity index (χ2v) is 2.32. The van der Waals surface area contributed by atoms with E-state index in [0.717, 1.165) is 12.4 Å². The molecule has 2 heteroatoms. The van der Waals surface area contributed by atoms with Crippen LogP contribution in [0.25, 0.3) is 0 Å². The normalized spacial score (nSPS) is 29.4. The largest absolute Gasteiger partial charge is 0.497 e. The Bertz CT molecular complexity index is 98.3. The molecule has 0 amide bonds. The van der Waals surface area contributed by atoms with Crippen molar-refractivity contribution >= 4 is 12.6 Å².